The normalized spacial score (nSPS) is 20.4. The third kappa shape index (κ3) is 4.25. The van der Waals surface area contributed by atoms with Gasteiger partial charge in [-0.25, -0.2) is 0 Å². The lowest BCUT2D eigenvalue weighted by molar-refractivity contribution is -0.0315. The second kappa shape index (κ2) is 7.32. The van der Waals surface area contributed by atoms with Crippen molar-refractivity contribution in [3.05, 3.63) is 26.7 Å². The van der Waals surface area contributed by atoms with Crippen LogP contribution in [-0.2, 0) is 4.74 Å². The van der Waals surface area contributed by atoms with Gasteiger partial charge in [-0.3, -0.25) is 4.90 Å². The summed E-state index contributed by atoms with van der Waals surface area (Å²) in [5.41, 5.74) is 0.766. The Balaban J connectivity index is 1.95. The Kier molecular flexibility index (Phi) is 5.99. The third-order valence-electron chi connectivity index (χ3n) is 3.41. The first-order chi connectivity index (χ1) is 9.47. The van der Waals surface area contributed by atoms with Crippen molar-refractivity contribution in [2.75, 3.05) is 31.6 Å². The van der Waals surface area contributed by atoms with E-state index in [1.54, 1.807) is 0 Å². The highest BCUT2D eigenvalue weighted by molar-refractivity contribution is 9.10. The van der Waals surface area contributed by atoms with Crippen molar-refractivity contribution < 1.29 is 4.74 Å². The lowest BCUT2D eigenvalue weighted by atomic mass is 10.2. The molecule has 1 unspecified atom stereocenters. The van der Waals surface area contributed by atoms with E-state index < -0.39 is 0 Å². The molecule has 1 aromatic rings. The number of hydrogen-bond acceptors (Lipinski definition) is 3. The zero-order valence-electron chi connectivity index (χ0n) is 11.6. The Labute approximate surface area is 138 Å². The van der Waals surface area contributed by atoms with E-state index in [9.17, 15) is 0 Å². The largest absolute Gasteiger partial charge is 0.380 e. The summed E-state index contributed by atoms with van der Waals surface area (Å²) in [7, 11) is 0. The molecule has 0 aromatic heterocycles. The quantitative estimate of drug-likeness (QED) is 0.842. The molecule has 1 heterocycles. The van der Waals surface area contributed by atoms with Crippen molar-refractivity contribution in [1.82, 2.24) is 4.90 Å². The monoisotopic (exact) mass is 380 g/mol. The van der Waals surface area contributed by atoms with Gasteiger partial charge in [-0.05, 0) is 26.0 Å². The maximum atomic E-state index is 6.20. The van der Waals surface area contributed by atoms with E-state index in [1.807, 2.05) is 12.1 Å². The fourth-order valence-corrected chi connectivity index (χ4v) is 3.60. The van der Waals surface area contributed by atoms with Crippen molar-refractivity contribution in [2.45, 2.75) is 26.0 Å². The van der Waals surface area contributed by atoms with Gasteiger partial charge in [-0.15, -0.1) is 0 Å². The Hall–Kier alpha value is -0.0000000000000000555. The van der Waals surface area contributed by atoms with Crippen LogP contribution in [0.3, 0.4) is 0 Å². The van der Waals surface area contributed by atoms with E-state index in [4.69, 9.17) is 27.9 Å². The summed E-state index contributed by atoms with van der Waals surface area (Å²) in [6.45, 7) is 7.80. The van der Waals surface area contributed by atoms with Crippen LogP contribution in [0, 0.1) is 0 Å². The molecule has 1 atom stereocenters. The molecule has 0 radical (unpaired) electrons. The Morgan fingerprint density at radius 1 is 1.40 bits per heavy atom. The summed E-state index contributed by atoms with van der Waals surface area (Å²) in [6, 6.07) is 4.21. The van der Waals surface area contributed by atoms with Crippen molar-refractivity contribution >= 4 is 44.8 Å². The zero-order valence-corrected chi connectivity index (χ0v) is 14.7. The van der Waals surface area contributed by atoms with Gasteiger partial charge in [0.25, 0.3) is 0 Å². The number of ether oxygens (including phenoxy) is 1. The first-order valence-corrected chi connectivity index (χ1v) is 8.26. The molecule has 1 aromatic carbocycles. The van der Waals surface area contributed by atoms with E-state index >= 15 is 0 Å². The molecule has 6 heteroatoms. The topological polar surface area (TPSA) is 24.5 Å². The Morgan fingerprint density at radius 2 is 2.05 bits per heavy atom. The summed E-state index contributed by atoms with van der Waals surface area (Å²) in [6.07, 6.45) is 0.155. The lowest BCUT2D eigenvalue weighted by Gasteiger charge is -2.35. The van der Waals surface area contributed by atoms with Crippen LogP contribution in [0.25, 0.3) is 0 Å². The summed E-state index contributed by atoms with van der Waals surface area (Å²) in [5, 5.41) is 4.53. The standard InChI is InChI=1S/C14H19BrCl2N2O/c1-9(2)19-3-4-20-11(8-19)7-18-14-12(16)5-10(15)6-13(14)17/h5-6,9,11,18H,3-4,7-8H2,1-2H3. The molecule has 1 aliphatic rings. The van der Waals surface area contributed by atoms with Crippen LogP contribution < -0.4 is 5.32 Å². The fourth-order valence-electron chi connectivity index (χ4n) is 2.26. The molecule has 20 heavy (non-hydrogen) atoms. The number of hydrogen-bond donors (Lipinski definition) is 1. The maximum Gasteiger partial charge on any atom is 0.0874 e. The number of anilines is 1. The van der Waals surface area contributed by atoms with Gasteiger partial charge in [0.05, 0.1) is 28.4 Å². The van der Waals surface area contributed by atoms with Gasteiger partial charge in [-0.2, -0.15) is 0 Å². The van der Waals surface area contributed by atoms with Gasteiger partial charge in [0.1, 0.15) is 0 Å². The van der Waals surface area contributed by atoms with Gasteiger partial charge in [-0.1, -0.05) is 39.1 Å². The Bertz CT molecular complexity index is 447. The third-order valence-corrected chi connectivity index (χ3v) is 4.47. The molecule has 1 aliphatic heterocycles. The van der Waals surface area contributed by atoms with Crippen LogP contribution in [0.15, 0.2) is 16.6 Å². The van der Waals surface area contributed by atoms with Gasteiger partial charge >= 0.3 is 0 Å². The minimum atomic E-state index is 0.155. The van der Waals surface area contributed by atoms with Gasteiger partial charge in [0.2, 0.25) is 0 Å². The van der Waals surface area contributed by atoms with Gasteiger partial charge in [0.15, 0.2) is 0 Å². The molecule has 0 bridgehead atoms. The van der Waals surface area contributed by atoms with Gasteiger partial charge < -0.3 is 10.1 Å². The average molecular weight is 382 g/mol. The summed E-state index contributed by atoms with van der Waals surface area (Å²) in [4.78, 5) is 2.42. The summed E-state index contributed by atoms with van der Waals surface area (Å²) >= 11 is 15.8. The molecule has 1 saturated heterocycles. The minimum Gasteiger partial charge on any atom is -0.380 e. The van der Waals surface area contributed by atoms with E-state index in [0.717, 1.165) is 29.9 Å². The molecule has 1 N–H and O–H groups in total. The van der Waals surface area contributed by atoms with E-state index in [0.29, 0.717) is 22.6 Å². The summed E-state index contributed by atoms with van der Waals surface area (Å²) in [5.74, 6) is 0. The minimum absolute atomic E-state index is 0.155. The number of rotatable bonds is 4. The Morgan fingerprint density at radius 3 is 2.65 bits per heavy atom. The lowest BCUT2D eigenvalue weighted by Crippen LogP contribution is -2.48. The van der Waals surface area contributed by atoms with Crippen molar-refractivity contribution in [2.24, 2.45) is 0 Å². The highest BCUT2D eigenvalue weighted by atomic mass is 79.9. The smallest absolute Gasteiger partial charge is 0.0874 e. The van der Waals surface area contributed by atoms with Gasteiger partial charge in [0, 0.05) is 30.1 Å². The number of nitrogens with one attached hydrogen (secondary N) is 1. The number of morpholine rings is 1. The second-order valence-electron chi connectivity index (χ2n) is 5.21. The van der Waals surface area contributed by atoms with Crippen LogP contribution in [0.4, 0.5) is 5.69 Å². The second-order valence-corrected chi connectivity index (χ2v) is 6.94. The molecular weight excluding hydrogens is 363 g/mol. The molecular formula is C14H19BrCl2N2O. The molecule has 0 saturated carbocycles. The first-order valence-electron chi connectivity index (χ1n) is 6.71. The molecule has 1 fully saturated rings. The van der Waals surface area contributed by atoms with Crippen LogP contribution in [0.2, 0.25) is 10.0 Å². The molecule has 112 valence electrons. The molecule has 3 nitrogen and oxygen atoms in total. The number of halogens is 3. The molecule has 0 amide bonds. The number of nitrogens with zero attached hydrogens (tertiary/aromatic N) is 1. The molecule has 0 spiro atoms. The first kappa shape index (κ1) is 16.4. The highest BCUT2D eigenvalue weighted by Gasteiger charge is 2.22. The van der Waals surface area contributed by atoms with Crippen LogP contribution in [-0.4, -0.2) is 43.3 Å². The SMILES string of the molecule is CC(C)N1CCOC(CNc2c(Cl)cc(Br)cc2Cl)C1. The van der Waals surface area contributed by atoms with Crippen LogP contribution in [0.1, 0.15) is 13.8 Å². The predicted molar refractivity (Wildman–Crippen MR) is 89.1 cm³/mol. The van der Waals surface area contributed by atoms with Crippen molar-refractivity contribution in [3.63, 3.8) is 0 Å². The highest BCUT2D eigenvalue weighted by Crippen LogP contribution is 2.33. The van der Waals surface area contributed by atoms with Crippen LogP contribution in [0.5, 0.6) is 0 Å². The van der Waals surface area contributed by atoms with Crippen molar-refractivity contribution in [3.8, 4) is 0 Å². The average Bonchev–Trinajstić information content (AvgIpc) is 2.37. The maximum absolute atomic E-state index is 6.20. The predicted octanol–water partition coefficient (Wildman–Crippen LogP) is 4.28. The number of benzene rings is 1. The fraction of sp³-hybridized carbons (Fsp3) is 0.571. The van der Waals surface area contributed by atoms with Crippen LogP contribution >= 0.6 is 39.1 Å². The summed E-state index contributed by atoms with van der Waals surface area (Å²) < 4.78 is 6.66. The van der Waals surface area contributed by atoms with E-state index in [-0.39, 0.29) is 6.10 Å². The van der Waals surface area contributed by atoms with E-state index in [2.05, 4.69) is 40.0 Å². The van der Waals surface area contributed by atoms with E-state index in [1.165, 1.54) is 0 Å². The molecule has 0 aliphatic carbocycles. The molecule has 2 rings (SSSR count). The zero-order chi connectivity index (χ0) is 14.7. The van der Waals surface area contributed by atoms with Crippen molar-refractivity contribution in [1.29, 1.82) is 0 Å².